The Bertz CT molecular complexity index is 872. The Kier molecular flexibility index (Phi) is 5.77. The summed E-state index contributed by atoms with van der Waals surface area (Å²) in [4.78, 5) is 6.26. The van der Waals surface area contributed by atoms with Gasteiger partial charge in [-0.05, 0) is 37.8 Å². The summed E-state index contributed by atoms with van der Waals surface area (Å²) in [6.07, 6.45) is -1.42. The molecule has 0 amide bonds. The molecule has 0 saturated carbocycles. The summed E-state index contributed by atoms with van der Waals surface area (Å²) in [5, 5.41) is 6.97. The highest BCUT2D eigenvalue weighted by Crippen LogP contribution is 2.41. The molecule has 0 aliphatic carbocycles. The lowest BCUT2D eigenvalue weighted by Crippen LogP contribution is -2.47. The molecule has 30 heavy (non-hydrogen) atoms. The van der Waals surface area contributed by atoms with Gasteiger partial charge in [0, 0.05) is 24.7 Å². The third kappa shape index (κ3) is 4.05. The van der Waals surface area contributed by atoms with Crippen LogP contribution in [0.1, 0.15) is 30.9 Å². The van der Waals surface area contributed by atoms with Gasteiger partial charge in [-0.3, -0.25) is 4.90 Å². The van der Waals surface area contributed by atoms with E-state index in [2.05, 4.69) is 20.3 Å². The fourth-order valence-corrected chi connectivity index (χ4v) is 4.61. The maximum Gasteiger partial charge on any atom is 0.411 e. The smallest absolute Gasteiger partial charge is 0.411 e. The van der Waals surface area contributed by atoms with Gasteiger partial charge in [-0.2, -0.15) is 23.3 Å². The zero-order valence-electron chi connectivity index (χ0n) is 17.0. The molecule has 7 nitrogen and oxygen atoms in total. The highest BCUT2D eigenvalue weighted by molar-refractivity contribution is 5.46. The minimum Gasteiger partial charge on any atom is -0.493 e. The summed E-state index contributed by atoms with van der Waals surface area (Å²) < 4.78 is 52.7. The number of benzene rings is 1. The fraction of sp³-hybridized carbons (Fsp3) is 0.600. The van der Waals surface area contributed by atoms with Gasteiger partial charge in [0.1, 0.15) is 6.33 Å². The van der Waals surface area contributed by atoms with Crippen LogP contribution in [0.25, 0.3) is 0 Å². The molecule has 1 aromatic heterocycles. The first-order chi connectivity index (χ1) is 14.4. The van der Waals surface area contributed by atoms with Gasteiger partial charge in [-0.15, -0.1) is 0 Å². The molecule has 164 valence electrons. The molecule has 0 spiro atoms. The second-order valence-electron chi connectivity index (χ2n) is 7.86. The summed E-state index contributed by atoms with van der Waals surface area (Å²) in [6.45, 7) is 2.25. The topological polar surface area (TPSA) is 64.4 Å². The molecular formula is C20H26F3N5O2. The first-order valence-corrected chi connectivity index (χ1v) is 10.1. The van der Waals surface area contributed by atoms with Crippen LogP contribution in [-0.2, 0) is 6.54 Å². The Balaban J connectivity index is 1.49. The van der Waals surface area contributed by atoms with E-state index in [-0.39, 0.29) is 24.3 Å². The number of fused-ring (bicyclic) bond motifs is 1. The average molecular weight is 425 g/mol. The molecule has 2 aromatic rings. The number of aromatic nitrogens is 3. The van der Waals surface area contributed by atoms with Gasteiger partial charge in [0.15, 0.2) is 17.5 Å². The van der Waals surface area contributed by atoms with Crippen LogP contribution in [0.5, 0.6) is 11.5 Å². The number of anilines is 1. The summed E-state index contributed by atoms with van der Waals surface area (Å²) in [5.74, 6) is 1.65. The number of para-hydroxylation sites is 1. The number of methoxy groups -OCH3 is 2. The Hall–Kier alpha value is -2.49. The molecule has 2 aliphatic heterocycles. The second kappa shape index (κ2) is 8.33. The van der Waals surface area contributed by atoms with E-state index in [4.69, 9.17) is 9.47 Å². The van der Waals surface area contributed by atoms with Crippen LogP contribution in [-0.4, -0.2) is 59.2 Å². The van der Waals surface area contributed by atoms with Crippen LogP contribution >= 0.6 is 0 Å². The van der Waals surface area contributed by atoms with Gasteiger partial charge < -0.3 is 14.8 Å². The van der Waals surface area contributed by atoms with Crippen molar-refractivity contribution in [2.75, 3.05) is 32.6 Å². The number of ether oxygens (including phenoxy) is 2. The Labute approximate surface area is 173 Å². The molecule has 1 saturated heterocycles. The molecule has 3 heterocycles. The van der Waals surface area contributed by atoms with Gasteiger partial charge in [-0.1, -0.05) is 12.1 Å². The molecule has 2 aliphatic rings. The third-order valence-electron chi connectivity index (χ3n) is 6.03. The minimum absolute atomic E-state index is 0.0408. The molecule has 1 fully saturated rings. The number of rotatable bonds is 5. The minimum atomic E-state index is -4.36. The number of hydrogen-bond donors (Lipinski definition) is 1. The van der Waals surface area contributed by atoms with Gasteiger partial charge in [-0.25, -0.2) is 4.68 Å². The zero-order valence-corrected chi connectivity index (χ0v) is 17.0. The molecule has 0 unspecified atom stereocenters. The molecule has 3 atom stereocenters. The van der Waals surface area contributed by atoms with Crippen molar-refractivity contribution >= 4 is 5.95 Å². The molecule has 0 radical (unpaired) electrons. The quantitative estimate of drug-likeness (QED) is 0.791. The highest BCUT2D eigenvalue weighted by Gasteiger charge is 2.48. The summed E-state index contributed by atoms with van der Waals surface area (Å²) in [7, 11) is 3.21. The Morgan fingerprint density at radius 1 is 1.23 bits per heavy atom. The van der Waals surface area contributed by atoms with Crippen LogP contribution in [0.2, 0.25) is 0 Å². The van der Waals surface area contributed by atoms with Gasteiger partial charge in [0.2, 0.25) is 5.95 Å². The second-order valence-corrected chi connectivity index (χ2v) is 7.86. The molecule has 0 bridgehead atoms. The molecule has 4 rings (SSSR count). The number of likely N-dealkylation sites (tertiary alicyclic amines) is 1. The largest absolute Gasteiger partial charge is 0.493 e. The van der Waals surface area contributed by atoms with E-state index in [1.54, 1.807) is 14.2 Å². The predicted molar refractivity (Wildman–Crippen MR) is 105 cm³/mol. The summed E-state index contributed by atoms with van der Waals surface area (Å²) >= 11 is 0. The number of alkyl halides is 3. The first kappa shape index (κ1) is 20.8. The zero-order chi connectivity index (χ0) is 21.3. The van der Waals surface area contributed by atoms with Crippen molar-refractivity contribution in [2.45, 2.75) is 44.1 Å². The Morgan fingerprint density at radius 2 is 2.07 bits per heavy atom. The lowest BCUT2D eigenvalue weighted by atomic mass is 9.86. The SMILES string of the molecule is COc1cccc(CN2CCC[C@H]([C@@H]3C[C@H](C(F)(F)F)n4ncnc4N3)C2)c1OC. The summed E-state index contributed by atoms with van der Waals surface area (Å²) in [5.41, 5.74) is 1.00. The predicted octanol–water partition coefficient (Wildman–Crippen LogP) is 3.50. The van der Waals surface area contributed by atoms with Gasteiger partial charge in [0.25, 0.3) is 0 Å². The number of hydrogen-bond acceptors (Lipinski definition) is 6. The standard InChI is InChI=1S/C20H26F3N5O2/c1-29-16-7-3-5-14(18(16)30-2)11-27-8-4-6-13(10-27)15-9-17(20(21,22)23)28-19(26-15)24-12-25-28/h3,5,7,12-13,15,17H,4,6,8-11H2,1-2H3,(H,24,25,26)/t13-,15-,17+/m0/s1. The Morgan fingerprint density at radius 3 is 2.80 bits per heavy atom. The maximum atomic E-state index is 13.6. The molecule has 1 N–H and O–H groups in total. The highest BCUT2D eigenvalue weighted by atomic mass is 19.4. The van der Waals surface area contributed by atoms with Gasteiger partial charge in [0.05, 0.1) is 14.2 Å². The fourth-order valence-electron chi connectivity index (χ4n) is 4.61. The van der Waals surface area contributed by atoms with Crippen molar-refractivity contribution in [1.29, 1.82) is 0 Å². The molecule has 10 heteroatoms. The van der Waals surface area contributed by atoms with Crippen molar-refractivity contribution in [1.82, 2.24) is 19.7 Å². The van der Waals surface area contributed by atoms with E-state index in [9.17, 15) is 13.2 Å². The monoisotopic (exact) mass is 425 g/mol. The molecule has 1 aromatic carbocycles. The van der Waals surface area contributed by atoms with Crippen molar-refractivity contribution in [3.63, 3.8) is 0 Å². The van der Waals surface area contributed by atoms with Crippen LogP contribution in [0.4, 0.5) is 19.1 Å². The number of piperidine rings is 1. The van der Waals surface area contributed by atoms with Gasteiger partial charge >= 0.3 is 6.18 Å². The first-order valence-electron chi connectivity index (χ1n) is 10.1. The van der Waals surface area contributed by atoms with Crippen LogP contribution in [0.3, 0.4) is 0 Å². The molecular weight excluding hydrogens is 399 g/mol. The van der Waals surface area contributed by atoms with E-state index in [0.717, 1.165) is 29.6 Å². The summed E-state index contributed by atoms with van der Waals surface area (Å²) in [6, 6.07) is 3.81. The van der Waals surface area contributed by atoms with Crippen molar-refractivity contribution in [3.8, 4) is 11.5 Å². The van der Waals surface area contributed by atoms with E-state index in [0.29, 0.717) is 24.6 Å². The number of nitrogens with zero attached hydrogens (tertiary/aromatic N) is 4. The van der Waals surface area contributed by atoms with E-state index in [1.165, 1.54) is 6.33 Å². The number of nitrogens with one attached hydrogen (secondary N) is 1. The van der Waals surface area contributed by atoms with Crippen molar-refractivity contribution in [3.05, 3.63) is 30.1 Å². The normalized spacial score (nSPS) is 24.8. The maximum absolute atomic E-state index is 13.6. The van der Waals surface area contributed by atoms with Crippen molar-refractivity contribution in [2.24, 2.45) is 5.92 Å². The van der Waals surface area contributed by atoms with Crippen LogP contribution in [0, 0.1) is 5.92 Å². The van der Waals surface area contributed by atoms with Crippen LogP contribution in [0.15, 0.2) is 24.5 Å². The lowest BCUT2D eigenvalue weighted by Gasteiger charge is -2.41. The van der Waals surface area contributed by atoms with E-state index < -0.39 is 12.2 Å². The van der Waals surface area contributed by atoms with Crippen LogP contribution < -0.4 is 14.8 Å². The third-order valence-corrected chi connectivity index (χ3v) is 6.03. The lowest BCUT2D eigenvalue weighted by molar-refractivity contribution is -0.174. The van der Waals surface area contributed by atoms with Crippen molar-refractivity contribution < 1.29 is 22.6 Å². The average Bonchev–Trinajstić information content (AvgIpc) is 3.21. The number of halogens is 3. The van der Waals surface area contributed by atoms with E-state index in [1.807, 2.05) is 18.2 Å². The van der Waals surface area contributed by atoms with E-state index >= 15 is 0 Å².